The van der Waals surface area contributed by atoms with Crippen LogP contribution in [-0.4, -0.2) is 30.4 Å². The van der Waals surface area contributed by atoms with Gasteiger partial charge in [-0.2, -0.15) is 0 Å². The van der Waals surface area contributed by atoms with Gasteiger partial charge in [-0.3, -0.25) is 4.79 Å². The molecule has 1 fully saturated rings. The third-order valence-electron chi connectivity index (χ3n) is 4.29. The number of carbonyl (C=O) groups is 1. The van der Waals surface area contributed by atoms with Crippen molar-refractivity contribution in [3.05, 3.63) is 24.3 Å². The van der Waals surface area contributed by atoms with Gasteiger partial charge < -0.3 is 16.0 Å². The van der Waals surface area contributed by atoms with Crippen molar-refractivity contribution < 1.29 is 4.79 Å². The molecule has 1 heterocycles. The summed E-state index contributed by atoms with van der Waals surface area (Å²) in [7, 11) is 0. The standard InChI is InChI=1S/C17H27N3O/c1-2-14-7-5-11-20(13-14)12-6-10-17(21)19-16-9-4-3-8-15(16)18/h3-4,8-9,14H,2,5-7,10-13,18H2,1H3,(H,19,21). The fraction of sp³-hybridized carbons (Fsp3) is 0.588. The Morgan fingerprint density at radius 2 is 2.24 bits per heavy atom. The first-order valence-corrected chi connectivity index (χ1v) is 8.05. The van der Waals surface area contributed by atoms with Crippen molar-refractivity contribution >= 4 is 17.3 Å². The highest BCUT2D eigenvalue weighted by atomic mass is 16.1. The molecule has 0 bridgehead atoms. The van der Waals surface area contributed by atoms with Gasteiger partial charge in [-0.25, -0.2) is 0 Å². The van der Waals surface area contributed by atoms with Crippen LogP contribution in [0.15, 0.2) is 24.3 Å². The Morgan fingerprint density at radius 3 is 3.00 bits per heavy atom. The molecule has 0 radical (unpaired) electrons. The van der Waals surface area contributed by atoms with Crippen LogP contribution in [0.2, 0.25) is 0 Å². The molecule has 1 amide bonds. The SMILES string of the molecule is CCC1CCCN(CCCC(=O)Nc2ccccc2N)C1. The maximum atomic E-state index is 11.9. The van der Waals surface area contributed by atoms with Crippen LogP contribution in [0.4, 0.5) is 11.4 Å². The average Bonchev–Trinajstić information content (AvgIpc) is 2.50. The van der Waals surface area contributed by atoms with Gasteiger partial charge >= 0.3 is 0 Å². The molecule has 0 saturated carbocycles. The minimum atomic E-state index is 0.0527. The van der Waals surface area contributed by atoms with Gasteiger partial charge in [0.1, 0.15) is 0 Å². The summed E-state index contributed by atoms with van der Waals surface area (Å²) in [5, 5.41) is 2.89. The van der Waals surface area contributed by atoms with Crippen molar-refractivity contribution in [1.82, 2.24) is 4.90 Å². The van der Waals surface area contributed by atoms with Gasteiger partial charge in [-0.15, -0.1) is 0 Å². The first kappa shape index (κ1) is 15.8. The predicted octanol–water partition coefficient (Wildman–Crippen LogP) is 3.11. The molecule has 1 unspecified atom stereocenters. The molecule has 3 N–H and O–H groups in total. The van der Waals surface area contributed by atoms with Crippen LogP contribution < -0.4 is 11.1 Å². The van der Waals surface area contributed by atoms with E-state index < -0.39 is 0 Å². The minimum Gasteiger partial charge on any atom is -0.397 e. The minimum absolute atomic E-state index is 0.0527. The smallest absolute Gasteiger partial charge is 0.224 e. The van der Waals surface area contributed by atoms with Gasteiger partial charge in [0.2, 0.25) is 5.91 Å². The topological polar surface area (TPSA) is 58.4 Å². The number of hydrogen-bond acceptors (Lipinski definition) is 3. The first-order valence-electron chi connectivity index (χ1n) is 8.05. The molecule has 21 heavy (non-hydrogen) atoms. The van der Waals surface area contributed by atoms with Crippen LogP contribution in [-0.2, 0) is 4.79 Å². The molecule has 1 aliphatic rings. The van der Waals surface area contributed by atoms with E-state index >= 15 is 0 Å². The molecule has 0 spiro atoms. The number of hydrogen-bond donors (Lipinski definition) is 2. The summed E-state index contributed by atoms with van der Waals surface area (Å²) in [6, 6.07) is 7.38. The molecule has 0 aliphatic carbocycles. The lowest BCUT2D eigenvalue weighted by atomic mass is 9.95. The number of rotatable bonds is 6. The molecule has 1 aliphatic heterocycles. The number of para-hydroxylation sites is 2. The number of nitrogens with one attached hydrogen (secondary N) is 1. The molecule has 4 nitrogen and oxygen atoms in total. The van der Waals surface area contributed by atoms with E-state index in [2.05, 4.69) is 17.1 Å². The van der Waals surface area contributed by atoms with Gasteiger partial charge in [0.15, 0.2) is 0 Å². The quantitative estimate of drug-likeness (QED) is 0.791. The molecule has 2 rings (SSSR count). The first-order chi connectivity index (χ1) is 10.2. The summed E-state index contributed by atoms with van der Waals surface area (Å²) in [5.74, 6) is 0.897. The zero-order valence-corrected chi connectivity index (χ0v) is 13.0. The molecule has 1 aromatic carbocycles. The van der Waals surface area contributed by atoms with Crippen LogP contribution in [0.1, 0.15) is 39.0 Å². The highest BCUT2D eigenvalue weighted by Gasteiger charge is 2.18. The van der Waals surface area contributed by atoms with E-state index in [1.165, 1.54) is 32.4 Å². The zero-order chi connectivity index (χ0) is 15.1. The van der Waals surface area contributed by atoms with E-state index in [1.54, 1.807) is 6.07 Å². The molecule has 116 valence electrons. The number of anilines is 2. The Kier molecular flexibility index (Phi) is 6.05. The molecule has 1 aromatic rings. The number of carbonyl (C=O) groups excluding carboxylic acids is 1. The summed E-state index contributed by atoms with van der Waals surface area (Å²) in [4.78, 5) is 14.4. The second kappa shape index (κ2) is 8.03. The van der Waals surface area contributed by atoms with Crippen LogP contribution in [0.3, 0.4) is 0 Å². The molecule has 4 heteroatoms. The van der Waals surface area contributed by atoms with Gasteiger partial charge in [-0.1, -0.05) is 25.5 Å². The number of nitrogens with two attached hydrogens (primary N) is 1. The monoisotopic (exact) mass is 289 g/mol. The Balaban J connectivity index is 1.69. The summed E-state index contributed by atoms with van der Waals surface area (Å²) in [6.07, 6.45) is 5.40. The maximum Gasteiger partial charge on any atom is 0.224 e. The molecule has 1 atom stereocenters. The molecule has 0 aromatic heterocycles. The van der Waals surface area contributed by atoms with E-state index in [0.717, 1.165) is 18.9 Å². The van der Waals surface area contributed by atoms with Crippen molar-refractivity contribution in [1.29, 1.82) is 0 Å². The summed E-state index contributed by atoms with van der Waals surface area (Å²) >= 11 is 0. The van der Waals surface area contributed by atoms with Crippen LogP contribution >= 0.6 is 0 Å². The van der Waals surface area contributed by atoms with E-state index in [-0.39, 0.29) is 5.91 Å². The number of nitrogens with zero attached hydrogens (tertiary/aromatic N) is 1. The summed E-state index contributed by atoms with van der Waals surface area (Å²) < 4.78 is 0. The summed E-state index contributed by atoms with van der Waals surface area (Å²) in [6.45, 7) is 5.67. The molecular formula is C17H27N3O. The van der Waals surface area contributed by atoms with Crippen molar-refractivity contribution in [2.45, 2.75) is 39.0 Å². The second-order valence-electron chi connectivity index (χ2n) is 5.96. The van der Waals surface area contributed by atoms with E-state index in [9.17, 15) is 4.79 Å². The number of likely N-dealkylation sites (tertiary alicyclic amines) is 1. The van der Waals surface area contributed by atoms with Crippen molar-refractivity contribution in [2.24, 2.45) is 5.92 Å². The number of piperidine rings is 1. The maximum absolute atomic E-state index is 11.9. The fourth-order valence-electron chi connectivity index (χ4n) is 2.97. The van der Waals surface area contributed by atoms with Crippen molar-refractivity contribution in [3.8, 4) is 0 Å². The largest absolute Gasteiger partial charge is 0.397 e. The van der Waals surface area contributed by atoms with E-state index in [1.807, 2.05) is 18.2 Å². The molecular weight excluding hydrogens is 262 g/mol. The number of amides is 1. The van der Waals surface area contributed by atoms with Crippen LogP contribution in [0.25, 0.3) is 0 Å². The van der Waals surface area contributed by atoms with Crippen LogP contribution in [0, 0.1) is 5.92 Å². The van der Waals surface area contributed by atoms with Crippen molar-refractivity contribution in [2.75, 3.05) is 30.7 Å². The Hall–Kier alpha value is -1.55. The second-order valence-corrected chi connectivity index (χ2v) is 5.96. The third-order valence-corrected chi connectivity index (χ3v) is 4.29. The lowest BCUT2D eigenvalue weighted by Crippen LogP contribution is -2.36. The lowest BCUT2D eigenvalue weighted by Gasteiger charge is -2.32. The fourth-order valence-corrected chi connectivity index (χ4v) is 2.97. The van der Waals surface area contributed by atoms with Crippen molar-refractivity contribution in [3.63, 3.8) is 0 Å². The van der Waals surface area contributed by atoms with Gasteiger partial charge in [0, 0.05) is 13.0 Å². The predicted molar refractivity (Wildman–Crippen MR) is 88.2 cm³/mol. The normalized spacial score (nSPS) is 19.4. The van der Waals surface area contributed by atoms with E-state index in [0.29, 0.717) is 17.8 Å². The zero-order valence-electron chi connectivity index (χ0n) is 13.0. The average molecular weight is 289 g/mol. The number of benzene rings is 1. The van der Waals surface area contributed by atoms with Crippen LogP contribution in [0.5, 0.6) is 0 Å². The molecule has 1 saturated heterocycles. The Bertz CT molecular complexity index is 461. The van der Waals surface area contributed by atoms with Gasteiger partial charge in [0.05, 0.1) is 11.4 Å². The lowest BCUT2D eigenvalue weighted by molar-refractivity contribution is -0.116. The summed E-state index contributed by atoms with van der Waals surface area (Å²) in [5.41, 5.74) is 7.15. The Labute approximate surface area is 127 Å². The highest BCUT2D eigenvalue weighted by Crippen LogP contribution is 2.20. The number of nitrogen functional groups attached to an aromatic ring is 1. The Morgan fingerprint density at radius 1 is 1.43 bits per heavy atom. The third kappa shape index (κ3) is 5.05. The van der Waals surface area contributed by atoms with Gasteiger partial charge in [-0.05, 0) is 50.4 Å². The highest BCUT2D eigenvalue weighted by molar-refractivity contribution is 5.93. The van der Waals surface area contributed by atoms with Gasteiger partial charge in [0.25, 0.3) is 0 Å². The van der Waals surface area contributed by atoms with E-state index in [4.69, 9.17) is 5.73 Å².